The highest BCUT2D eigenvalue weighted by Gasteiger charge is 2.22. The average Bonchev–Trinajstić information content (AvgIpc) is 2.79. The van der Waals surface area contributed by atoms with Crippen LogP contribution in [0.15, 0.2) is 24.3 Å². The quantitative estimate of drug-likeness (QED) is 0.880. The molecule has 5 heteroatoms. The van der Waals surface area contributed by atoms with Crippen molar-refractivity contribution in [3.05, 3.63) is 46.8 Å². The summed E-state index contributed by atoms with van der Waals surface area (Å²) in [6.45, 7) is 14.2. The molecule has 0 aliphatic heterocycles. The van der Waals surface area contributed by atoms with Gasteiger partial charge in [-0.1, -0.05) is 32.9 Å². The van der Waals surface area contributed by atoms with Crippen molar-refractivity contribution >= 4 is 5.91 Å². The van der Waals surface area contributed by atoms with Crippen molar-refractivity contribution in [1.29, 1.82) is 0 Å². The zero-order valence-corrected chi connectivity index (χ0v) is 17.2. The largest absolute Gasteiger partial charge is 0.481 e. The van der Waals surface area contributed by atoms with Crippen molar-refractivity contribution in [3.63, 3.8) is 0 Å². The molecule has 2 atom stereocenters. The van der Waals surface area contributed by atoms with Gasteiger partial charge >= 0.3 is 0 Å². The molecule has 0 spiro atoms. The minimum absolute atomic E-state index is 0.0365. The lowest BCUT2D eigenvalue weighted by molar-refractivity contribution is -0.127. The topological polar surface area (TPSA) is 56.2 Å². The van der Waals surface area contributed by atoms with Crippen molar-refractivity contribution in [2.75, 3.05) is 0 Å². The molecule has 1 heterocycles. The van der Waals surface area contributed by atoms with E-state index in [1.54, 1.807) is 6.92 Å². The number of benzene rings is 1. The molecule has 5 nitrogen and oxygen atoms in total. The number of amides is 1. The van der Waals surface area contributed by atoms with E-state index in [0.29, 0.717) is 5.75 Å². The highest BCUT2D eigenvalue weighted by Crippen LogP contribution is 2.26. The second kappa shape index (κ2) is 7.52. The van der Waals surface area contributed by atoms with Gasteiger partial charge in [-0.05, 0) is 50.8 Å². The normalized spacial score (nSPS) is 14.0. The fourth-order valence-corrected chi connectivity index (χ4v) is 3.11. The predicted octanol–water partition coefficient (Wildman–Crippen LogP) is 3.98. The minimum Gasteiger partial charge on any atom is -0.481 e. The summed E-state index contributed by atoms with van der Waals surface area (Å²) >= 11 is 0. The van der Waals surface area contributed by atoms with Gasteiger partial charge in [-0.25, -0.2) is 0 Å². The van der Waals surface area contributed by atoms with Crippen LogP contribution in [0.25, 0.3) is 0 Å². The SMILES string of the molecule is Cc1nn(C)c(C)c1C(C)NC(=O)C(C)Oc1cccc(C(C)(C)C)c1. The van der Waals surface area contributed by atoms with Crippen LogP contribution in [0.3, 0.4) is 0 Å². The number of aryl methyl sites for hydroxylation is 2. The first-order valence-electron chi connectivity index (χ1n) is 9.08. The van der Waals surface area contributed by atoms with E-state index >= 15 is 0 Å². The standard InChI is InChI=1S/C21H31N3O2/c1-13(19-14(2)23-24(8)15(19)3)22-20(25)16(4)26-18-11-9-10-17(12-18)21(5,6)7/h9-13,16H,1-8H3,(H,22,25). The summed E-state index contributed by atoms with van der Waals surface area (Å²) in [5.41, 5.74) is 4.26. The Labute approximate surface area is 156 Å². The third-order valence-corrected chi connectivity index (χ3v) is 4.74. The van der Waals surface area contributed by atoms with Crippen LogP contribution in [0, 0.1) is 13.8 Å². The zero-order valence-electron chi connectivity index (χ0n) is 17.2. The third kappa shape index (κ3) is 4.45. The zero-order chi connectivity index (χ0) is 19.6. The molecule has 0 bridgehead atoms. The van der Waals surface area contributed by atoms with E-state index in [1.165, 1.54) is 5.56 Å². The van der Waals surface area contributed by atoms with Crippen LogP contribution >= 0.6 is 0 Å². The van der Waals surface area contributed by atoms with E-state index in [9.17, 15) is 4.79 Å². The van der Waals surface area contributed by atoms with E-state index in [1.807, 2.05) is 50.7 Å². The van der Waals surface area contributed by atoms with E-state index in [4.69, 9.17) is 4.74 Å². The van der Waals surface area contributed by atoms with Crippen molar-refractivity contribution in [2.24, 2.45) is 7.05 Å². The van der Waals surface area contributed by atoms with Crippen LogP contribution in [0.2, 0.25) is 0 Å². The molecule has 1 N–H and O–H groups in total. The summed E-state index contributed by atoms with van der Waals surface area (Å²) < 4.78 is 7.72. The van der Waals surface area contributed by atoms with Crippen LogP contribution in [-0.2, 0) is 17.3 Å². The second-order valence-corrected chi connectivity index (χ2v) is 7.98. The summed E-state index contributed by atoms with van der Waals surface area (Å²) in [6.07, 6.45) is -0.579. The van der Waals surface area contributed by atoms with Crippen LogP contribution in [0.1, 0.15) is 63.2 Å². The number of hydrogen-bond acceptors (Lipinski definition) is 3. The molecule has 0 fully saturated rings. The van der Waals surface area contributed by atoms with Gasteiger partial charge in [0.2, 0.25) is 0 Å². The van der Waals surface area contributed by atoms with Crippen LogP contribution < -0.4 is 10.1 Å². The number of aromatic nitrogens is 2. The first-order valence-corrected chi connectivity index (χ1v) is 9.08. The third-order valence-electron chi connectivity index (χ3n) is 4.74. The fourth-order valence-electron chi connectivity index (χ4n) is 3.11. The van der Waals surface area contributed by atoms with Crippen LogP contribution in [0.4, 0.5) is 0 Å². The molecule has 26 heavy (non-hydrogen) atoms. The first kappa shape index (κ1) is 20.0. The van der Waals surface area contributed by atoms with Gasteiger partial charge in [-0.15, -0.1) is 0 Å². The summed E-state index contributed by atoms with van der Waals surface area (Å²) in [5, 5.41) is 7.46. The van der Waals surface area contributed by atoms with Crippen molar-refractivity contribution in [1.82, 2.24) is 15.1 Å². The van der Waals surface area contributed by atoms with Gasteiger partial charge < -0.3 is 10.1 Å². The number of ether oxygens (including phenoxy) is 1. The molecule has 1 aromatic heterocycles. The molecule has 0 saturated heterocycles. The van der Waals surface area contributed by atoms with Crippen LogP contribution in [0.5, 0.6) is 5.75 Å². The van der Waals surface area contributed by atoms with Gasteiger partial charge in [-0.2, -0.15) is 5.10 Å². The molecular weight excluding hydrogens is 326 g/mol. The number of carbonyl (C=O) groups is 1. The van der Waals surface area contributed by atoms with Gasteiger partial charge in [0.1, 0.15) is 5.75 Å². The summed E-state index contributed by atoms with van der Waals surface area (Å²) in [5.74, 6) is 0.572. The summed E-state index contributed by atoms with van der Waals surface area (Å²) in [7, 11) is 1.91. The molecule has 2 aromatic rings. The molecular formula is C21H31N3O2. The minimum atomic E-state index is -0.579. The highest BCUT2D eigenvalue weighted by atomic mass is 16.5. The molecule has 0 aliphatic rings. The summed E-state index contributed by atoms with van der Waals surface area (Å²) in [4.78, 5) is 12.6. The summed E-state index contributed by atoms with van der Waals surface area (Å²) in [6, 6.07) is 7.81. The fraction of sp³-hybridized carbons (Fsp3) is 0.524. The molecule has 1 amide bonds. The van der Waals surface area contributed by atoms with Crippen molar-refractivity contribution in [2.45, 2.75) is 66.0 Å². The molecule has 0 aliphatic carbocycles. The Morgan fingerprint density at radius 2 is 1.88 bits per heavy atom. The molecule has 2 unspecified atom stereocenters. The Hall–Kier alpha value is -2.30. The Kier molecular flexibility index (Phi) is 5.79. The first-order chi connectivity index (χ1) is 12.0. The smallest absolute Gasteiger partial charge is 0.261 e. The molecule has 0 radical (unpaired) electrons. The molecule has 2 rings (SSSR count). The van der Waals surface area contributed by atoms with Gasteiger partial charge in [0.25, 0.3) is 5.91 Å². The predicted molar refractivity (Wildman–Crippen MR) is 104 cm³/mol. The Morgan fingerprint density at radius 3 is 2.42 bits per heavy atom. The Morgan fingerprint density at radius 1 is 1.23 bits per heavy atom. The van der Waals surface area contributed by atoms with E-state index < -0.39 is 6.10 Å². The lowest BCUT2D eigenvalue weighted by atomic mass is 9.87. The number of nitrogens with zero attached hydrogens (tertiary/aromatic N) is 2. The number of rotatable bonds is 5. The number of hydrogen-bond donors (Lipinski definition) is 1. The molecule has 1 aromatic carbocycles. The van der Waals surface area contributed by atoms with Crippen LogP contribution in [-0.4, -0.2) is 21.8 Å². The molecule has 0 saturated carbocycles. The highest BCUT2D eigenvalue weighted by molar-refractivity contribution is 5.81. The monoisotopic (exact) mass is 357 g/mol. The maximum absolute atomic E-state index is 12.6. The average molecular weight is 357 g/mol. The van der Waals surface area contributed by atoms with Gasteiger partial charge in [0.15, 0.2) is 6.10 Å². The van der Waals surface area contributed by atoms with E-state index in [-0.39, 0.29) is 17.4 Å². The van der Waals surface area contributed by atoms with Crippen molar-refractivity contribution in [3.8, 4) is 5.75 Å². The Bertz CT molecular complexity index is 787. The van der Waals surface area contributed by atoms with Gasteiger partial charge in [0.05, 0.1) is 11.7 Å². The van der Waals surface area contributed by atoms with Crippen molar-refractivity contribution < 1.29 is 9.53 Å². The Balaban J connectivity index is 2.06. The lowest BCUT2D eigenvalue weighted by Gasteiger charge is -2.22. The lowest BCUT2D eigenvalue weighted by Crippen LogP contribution is -2.38. The molecule has 142 valence electrons. The van der Waals surface area contributed by atoms with Gasteiger partial charge in [-0.3, -0.25) is 9.48 Å². The number of carbonyl (C=O) groups excluding carboxylic acids is 1. The second-order valence-electron chi connectivity index (χ2n) is 7.98. The van der Waals surface area contributed by atoms with Gasteiger partial charge in [0, 0.05) is 18.3 Å². The number of nitrogens with one attached hydrogen (secondary N) is 1. The maximum Gasteiger partial charge on any atom is 0.261 e. The van der Waals surface area contributed by atoms with E-state index in [2.05, 4.69) is 37.3 Å². The maximum atomic E-state index is 12.6. The van der Waals surface area contributed by atoms with E-state index in [0.717, 1.165) is 17.0 Å².